The number of hydrogen-bond acceptors (Lipinski definition) is 2. The van der Waals surface area contributed by atoms with Gasteiger partial charge in [0.1, 0.15) is 5.56 Å². The molecule has 0 aliphatic carbocycles. The summed E-state index contributed by atoms with van der Waals surface area (Å²) in [7, 11) is 0. The van der Waals surface area contributed by atoms with Crippen LogP contribution in [0, 0.1) is 0 Å². The Labute approximate surface area is 139 Å². The normalized spacial score (nSPS) is 11.2. The van der Waals surface area contributed by atoms with Crippen molar-refractivity contribution < 1.29 is 27.3 Å². The van der Waals surface area contributed by atoms with Gasteiger partial charge in [-0.2, -0.15) is 17.7 Å². The average molecular weight is 359 g/mol. The van der Waals surface area contributed by atoms with Crippen LogP contribution in [0.2, 0.25) is 5.02 Å². The molecule has 0 bridgehead atoms. The molecular weight excluding hydrogens is 347 g/mol. The van der Waals surface area contributed by atoms with Gasteiger partial charge < -0.3 is 11.1 Å². The molecule has 0 saturated carbocycles. The Balaban J connectivity index is 2.13. The molecule has 1 heterocycles. The Bertz CT molecular complexity index is 794. The summed E-state index contributed by atoms with van der Waals surface area (Å²) in [5.41, 5.74) is 4.27. The molecule has 0 aliphatic heterocycles. The second-order valence-electron chi connectivity index (χ2n) is 4.87. The molecule has 5 nitrogen and oxygen atoms in total. The van der Waals surface area contributed by atoms with E-state index in [1.807, 2.05) is 0 Å². The molecule has 2 rings (SSSR count). The lowest BCUT2D eigenvalue weighted by molar-refractivity contribution is -0.684. The first-order valence-corrected chi connectivity index (χ1v) is 7.00. The molecule has 2 aromatic rings. The van der Waals surface area contributed by atoms with Gasteiger partial charge in [-0.3, -0.25) is 9.59 Å². The summed E-state index contributed by atoms with van der Waals surface area (Å²) in [5, 5.41) is 1.89. The van der Waals surface area contributed by atoms with Crippen LogP contribution in [-0.4, -0.2) is 11.8 Å². The zero-order chi connectivity index (χ0) is 17.9. The maximum atomic E-state index is 12.8. The van der Waals surface area contributed by atoms with Gasteiger partial charge in [-0.15, -0.1) is 0 Å². The molecule has 0 radical (unpaired) electrons. The number of anilines is 1. The molecule has 0 aliphatic rings. The fraction of sp³-hybridized carbons (Fsp3) is 0.133. The van der Waals surface area contributed by atoms with Gasteiger partial charge in [0.05, 0.1) is 10.6 Å². The van der Waals surface area contributed by atoms with Gasteiger partial charge in [-0.25, -0.2) is 0 Å². The van der Waals surface area contributed by atoms with Crippen LogP contribution in [-0.2, 0) is 17.5 Å². The zero-order valence-electron chi connectivity index (χ0n) is 12.1. The standard InChI is InChI=1S/C15H11ClF3N3O2/c16-12-4-3-10(6-11(12)15(17,18)19)21-13(23)8-22-5-1-2-9(7-22)14(20)24/h1-7H,8H2,(H2-,20,21,23,24)/p+1. The van der Waals surface area contributed by atoms with E-state index in [0.717, 1.165) is 12.1 Å². The van der Waals surface area contributed by atoms with Gasteiger partial charge in [0.2, 0.25) is 6.54 Å². The largest absolute Gasteiger partial charge is 0.417 e. The first kappa shape index (κ1) is 17.7. The SMILES string of the molecule is NC(=O)c1ccc[n+](CC(=O)Nc2ccc(Cl)c(C(F)(F)F)c2)c1. The third-order valence-electron chi connectivity index (χ3n) is 3.02. The van der Waals surface area contributed by atoms with Gasteiger partial charge in [0.25, 0.3) is 11.8 Å². The number of amides is 2. The second-order valence-corrected chi connectivity index (χ2v) is 5.28. The average Bonchev–Trinajstić information content (AvgIpc) is 2.48. The van der Waals surface area contributed by atoms with Crippen molar-refractivity contribution in [2.75, 3.05) is 5.32 Å². The molecule has 0 atom stereocenters. The molecule has 0 saturated heterocycles. The van der Waals surface area contributed by atoms with Gasteiger partial charge >= 0.3 is 6.18 Å². The van der Waals surface area contributed by atoms with Crippen LogP contribution in [0.3, 0.4) is 0 Å². The van der Waals surface area contributed by atoms with Crippen LogP contribution >= 0.6 is 11.6 Å². The number of primary amides is 1. The molecule has 0 spiro atoms. The summed E-state index contributed by atoms with van der Waals surface area (Å²) in [5.74, 6) is -1.23. The predicted octanol–water partition coefficient (Wildman–Crippen LogP) is 2.38. The molecule has 2 amide bonds. The van der Waals surface area contributed by atoms with Crippen LogP contribution in [0.25, 0.3) is 0 Å². The first-order chi connectivity index (χ1) is 11.2. The van der Waals surface area contributed by atoms with Crippen LogP contribution in [0.1, 0.15) is 15.9 Å². The van der Waals surface area contributed by atoms with Crippen molar-refractivity contribution in [2.24, 2.45) is 5.73 Å². The second kappa shape index (κ2) is 6.88. The van der Waals surface area contributed by atoms with Gasteiger partial charge in [0, 0.05) is 11.8 Å². The smallest absolute Gasteiger partial charge is 0.365 e. The van der Waals surface area contributed by atoms with Crippen molar-refractivity contribution in [3.63, 3.8) is 0 Å². The molecule has 1 aromatic carbocycles. The maximum absolute atomic E-state index is 12.8. The molecule has 1 aromatic heterocycles. The number of pyridine rings is 1. The van der Waals surface area contributed by atoms with Gasteiger partial charge in [-0.05, 0) is 24.3 Å². The monoisotopic (exact) mass is 358 g/mol. The molecule has 126 valence electrons. The van der Waals surface area contributed by atoms with E-state index in [9.17, 15) is 22.8 Å². The fourth-order valence-corrected chi connectivity index (χ4v) is 2.18. The number of hydrogen-bond donors (Lipinski definition) is 2. The number of nitrogens with one attached hydrogen (secondary N) is 1. The highest BCUT2D eigenvalue weighted by atomic mass is 35.5. The van der Waals surface area contributed by atoms with Crippen molar-refractivity contribution in [1.82, 2.24) is 0 Å². The summed E-state index contributed by atoms with van der Waals surface area (Å²) < 4.78 is 39.7. The number of halogens is 4. The number of carbonyl (C=O) groups excluding carboxylic acids is 2. The molecule has 24 heavy (non-hydrogen) atoms. The van der Waals surface area contributed by atoms with Crippen molar-refractivity contribution in [3.8, 4) is 0 Å². The Hall–Kier alpha value is -2.61. The Morgan fingerprint density at radius 1 is 1.25 bits per heavy atom. The lowest BCUT2D eigenvalue weighted by atomic mass is 10.2. The number of carbonyl (C=O) groups is 2. The highest BCUT2D eigenvalue weighted by Gasteiger charge is 2.33. The number of nitrogens with two attached hydrogens (primary N) is 1. The fourth-order valence-electron chi connectivity index (χ4n) is 1.95. The van der Waals surface area contributed by atoms with Crippen LogP contribution in [0.5, 0.6) is 0 Å². The van der Waals surface area contributed by atoms with Gasteiger partial charge in [-0.1, -0.05) is 11.6 Å². The quantitative estimate of drug-likeness (QED) is 0.823. The van der Waals surface area contributed by atoms with E-state index in [4.69, 9.17) is 17.3 Å². The van der Waals surface area contributed by atoms with Crippen LogP contribution < -0.4 is 15.6 Å². The van der Waals surface area contributed by atoms with E-state index in [-0.39, 0.29) is 17.8 Å². The maximum Gasteiger partial charge on any atom is 0.417 e. The van der Waals surface area contributed by atoms with Crippen molar-refractivity contribution in [1.29, 1.82) is 0 Å². The minimum Gasteiger partial charge on any atom is -0.365 e. The number of rotatable bonds is 4. The molecule has 9 heteroatoms. The van der Waals surface area contributed by atoms with Crippen molar-refractivity contribution in [3.05, 3.63) is 58.9 Å². The summed E-state index contributed by atoms with van der Waals surface area (Å²) in [6.07, 6.45) is -1.73. The number of nitrogens with zero attached hydrogens (tertiary/aromatic N) is 1. The third-order valence-corrected chi connectivity index (χ3v) is 3.35. The molecule has 3 N–H and O–H groups in total. The van der Waals surface area contributed by atoms with E-state index in [2.05, 4.69) is 5.32 Å². The summed E-state index contributed by atoms with van der Waals surface area (Å²) in [6.45, 7) is -0.203. The number of benzene rings is 1. The molecule has 0 unspecified atom stereocenters. The topological polar surface area (TPSA) is 76.1 Å². The first-order valence-electron chi connectivity index (χ1n) is 6.62. The Morgan fingerprint density at radius 2 is 1.96 bits per heavy atom. The lowest BCUT2D eigenvalue weighted by Gasteiger charge is -2.11. The minimum atomic E-state index is -4.62. The van der Waals surface area contributed by atoms with E-state index >= 15 is 0 Å². The predicted molar refractivity (Wildman–Crippen MR) is 80.2 cm³/mol. The summed E-state index contributed by atoms with van der Waals surface area (Å²) >= 11 is 5.51. The third kappa shape index (κ3) is 4.45. The van der Waals surface area contributed by atoms with E-state index in [1.165, 1.54) is 35.2 Å². The van der Waals surface area contributed by atoms with Crippen LogP contribution in [0.4, 0.5) is 18.9 Å². The van der Waals surface area contributed by atoms with E-state index in [1.54, 1.807) is 0 Å². The Morgan fingerprint density at radius 3 is 2.58 bits per heavy atom. The highest BCUT2D eigenvalue weighted by Crippen LogP contribution is 2.36. The number of alkyl halides is 3. The minimum absolute atomic E-state index is 0.0385. The van der Waals surface area contributed by atoms with Crippen LogP contribution in [0.15, 0.2) is 42.7 Å². The Kier molecular flexibility index (Phi) is 5.08. The van der Waals surface area contributed by atoms with Gasteiger partial charge in [0.15, 0.2) is 12.4 Å². The summed E-state index contributed by atoms with van der Waals surface area (Å²) in [4.78, 5) is 23.0. The van der Waals surface area contributed by atoms with E-state index in [0.29, 0.717) is 0 Å². The number of aromatic nitrogens is 1. The highest BCUT2D eigenvalue weighted by molar-refractivity contribution is 6.31. The van der Waals surface area contributed by atoms with Crippen molar-refractivity contribution in [2.45, 2.75) is 12.7 Å². The molecular formula is C15H12ClF3N3O2+. The zero-order valence-corrected chi connectivity index (χ0v) is 12.9. The van der Waals surface area contributed by atoms with Crippen molar-refractivity contribution >= 4 is 29.1 Å². The molecule has 0 fully saturated rings. The van der Waals surface area contributed by atoms with E-state index < -0.39 is 28.6 Å². The lowest BCUT2D eigenvalue weighted by Crippen LogP contribution is -2.40. The summed E-state index contributed by atoms with van der Waals surface area (Å²) in [6, 6.07) is 6.08.